The van der Waals surface area contributed by atoms with Gasteiger partial charge < -0.3 is 5.32 Å². The van der Waals surface area contributed by atoms with Crippen LogP contribution in [0.1, 0.15) is 22.4 Å². The molecule has 0 saturated heterocycles. The van der Waals surface area contributed by atoms with E-state index in [9.17, 15) is 0 Å². The summed E-state index contributed by atoms with van der Waals surface area (Å²) in [7, 11) is 0. The van der Waals surface area contributed by atoms with Crippen LogP contribution < -0.4 is 5.32 Å². The number of allylic oxidation sites excluding steroid dienone is 1. The molecule has 82 valence electrons. The highest BCUT2D eigenvalue weighted by molar-refractivity contribution is 7.16. The van der Waals surface area contributed by atoms with Crippen LogP contribution in [0.2, 0.25) is 0 Å². The fourth-order valence-electron chi connectivity index (χ4n) is 1.85. The van der Waals surface area contributed by atoms with Gasteiger partial charge in [0.15, 0.2) is 0 Å². The summed E-state index contributed by atoms with van der Waals surface area (Å²) in [6.45, 7) is 0. The quantitative estimate of drug-likeness (QED) is 0.805. The largest absolute Gasteiger partial charge is 0.350 e. The van der Waals surface area contributed by atoms with Crippen LogP contribution in [0.5, 0.6) is 0 Å². The summed E-state index contributed by atoms with van der Waals surface area (Å²) >= 11 is 1.54. The van der Waals surface area contributed by atoms with Crippen molar-refractivity contribution < 1.29 is 0 Å². The fourth-order valence-corrected chi connectivity index (χ4v) is 3.06. The Balaban J connectivity index is 2.31. The number of nitrogens with zero attached hydrogens (tertiary/aromatic N) is 3. The SMILES string of the molecule is N#CC(C#N)=CNc1sc2c(c1C#N)CCC2. The molecule has 1 N–H and O–H groups in total. The van der Waals surface area contributed by atoms with E-state index in [4.69, 9.17) is 15.8 Å². The topological polar surface area (TPSA) is 83.4 Å². The van der Waals surface area contributed by atoms with E-state index in [1.165, 1.54) is 22.4 Å². The molecule has 2 rings (SSSR count). The summed E-state index contributed by atoms with van der Waals surface area (Å²) in [6.07, 6.45) is 4.42. The molecule has 0 saturated carbocycles. The monoisotopic (exact) mass is 240 g/mol. The highest BCUT2D eigenvalue weighted by atomic mass is 32.1. The predicted molar refractivity (Wildman–Crippen MR) is 64.0 cm³/mol. The molecule has 1 heterocycles. The zero-order valence-corrected chi connectivity index (χ0v) is 9.77. The van der Waals surface area contributed by atoms with E-state index < -0.39 is 0 Å². The molecule has 1 aromatic heterocycles. The fraction of sp³-hybridized carbons (Fsp3) is 0.250. The van der Waals surface area contributed by atoms with Crippen LogP contribution in [0.3, 0.4) is 0 Å². The average Bonchev–Trinajstić information content (AvgIpc) is 2.90. The van der Waals surface area contributed by atoms with Gasteiger partial charge in [0.2, 0.25) is 0 Å². The van der Waals surface area contributed by atoms with Crippen molar-refractivity contribution in [2.24, 2.45) is 0 Å². The second-order valence-electron chi connectivity index (χ2n) is 3.60. The summed E-state index contributed by atoms with van der Waals surface area (Å²) in [5.74, 6) is 0. The lowest BCUT2D eigenvalue weighted by Gasteiger charge is -1.97. The Hall–Kier alpha value is -2.29. The minimum absolute atomic E-state index is 0.00227. The number of hydrogen-bond acceptors (Lipinski definition) is 5. The number of rotatable bonds is 2. The Kier molecular flexibility index (Phi) is 3.10. The van der Waals surface area contributed by atoms with Crippen LogP contribution in [-0.2, 0) is 12.8 Å². The molecule has 4 nitrogen and oxygen atoms in total. The zero-order chi connectivity index (χ0) is 12.3. The number of nitriles is 3. The highest BCUT2D eigenvalue weighted by Gasteiger charge is 2.21. The summed E-state index contributed by atoms with van der Waals surface area (Å²) in [6, 6.07) is 5.72. The molecule has 1 aliphatic carbocycles. The molecule has 0 amide bonds. The lowest BCUT2D eigenvalue weighted by atomic mass is 10.1. The van der Waals surface area contributed by atoms with Gasteiger partial charge >= 0.3 is 0 Å². The zero-order valence-electron chi connectivity index (χ0n) is 8.95. The Labute approximate surface area is 103 Å². The summed E-state index contributed by atoms with van der Waals surface area (Å²) in [5.41, 5.74) is 1.79. The van der Waals surface area contributed by atoms with Gasteiger partial charge in [0.25, 0.3) is 0 Å². The Morgan fingerprint density at radius 1 is 1.24 bits per heavy atom. The molecule has 0 unspecified atom stereocenters. The summed E-state index contributed by atoms with van der Waals surface area (Å²) in [4.78, 5) is 1.24. The number of aryl methyl sites for hydroxylation is 1. The minimum Gasteiger partial charge on any atom is -0.350 e. The van der Waals surface area contributed by atoms with Gasteiger partial charge in [0.05, 0.1) is 5.56 Å². The summed E-state index contributed by atoms with van der Waals surface area (Å²) in [5, 5.41) is 29.9. The highest BCUT2D eigenvalue weighted by Crippen LogP contribution is 2.38. The van der Waals surface area contributed by atoms with E-state index in [0.717, 1.165) is 29.8 Å². The third kappa shape index (κ3) is 1.99. The molecule has 1 aromatic rings. The maximum Gasteiger partial charge on any atom is 0.145 e. The van der Waals surface area contributed by atoms with Crippen molar-refractivity contribution >= 4 is 16.3 Å². The first-order chi connectivity index (χ1) is 8.30. The molecule has 0 atom stereocenters. The molecule has 0 spiro atoms. The smallest absolute Gasteiger partial charge is 0.145 e. The van der Waals surface area contributed by atoms with Gasteiger partial charge in [-0.2, -0.15) is 15.8 Å². The maximum absolute atomic E-state index is 9.12. The van der Waals surface area contributed by atoms with Crippen LogP contribution in [0.15, 0.2) is 11.8 Å². The van der Waals surface area contributed by atoms with Crippen molar-refractivity contribution in [1.29, 1.82) is 15.8 Å². The van der Waals surface area contributed by atoms with Gasteiger partial charge in [-0.15, -0.1) is 11.3 Å². The normalized spacial score (nSPS) is 11.8. The molecule has 0 aromatic carbocycles. The van der Waals surface area contributed by atoms with Crippen LogP contribution in [0, 0.1) is 34.0 Å². The van der Waals surface area contributed by atoms with Gasteiger partial charge in [-0.1, -0.05) is 0 Å². The van der Waals surface area contributed by atoms with Crippen molar-refractivity contribution in [3.05, 3.63) is 27.8 Å². The van der Waals surface area contributed by atoms with E-state index in [1.807, 2.05) is 0 Å². The first-order valence-electron chi connectivity index (χ1n) is 5.11. The second kappa shape index (κ2) is 4.70. The molecule has 17 heavy (non-hydrogen) atoms. The van der Waals surface area contributed by atoms with E-state index >= 15 is 0 Å². The van der Waals surface area contributed by atoms with Gasteiger partial charge in [-0.05, 0) is 24.8 Å². The van der Waals surface area contributed by atoms with E-state index in [2.05, 4.69) is 11.4 Å². The van der Waals surface area contributed by atoms with E-state index in [0.29, 0.717) is 5.56 Å². The molecule has 1 aliphatic rings. The van der Waals surface area contributed by atoms with E-state index in [1.54, 1.807) is 12.1 Å². The van der Waals surface area contributed by atoms with Crippen molar-refractivity contribution in [2.45, 2.75) is 19.3 Å². The standard InChI is InChI=1S/C12H8N4S/c13-4-8(5-14)7-16-12-10(6-15)9-2-1-3-11(9)17-12/h7,16H,1-3H2. The Morgan fingerprint density at radius 2 is 2.00 bits per heavy atom. The molecule has 0 fully saturated rings. The van der Waals surface area contributed by atoms with Crippen molar-refractivity contribution in [1.82, 2.24) is 0 Å². The molecule has 0 aliphatic heterocycles. The van der Waals surface area contributed by atoms with Gasteiger partial charge in [0, 0.05) is 11.1 Å². The van der Waals surface area contributed by atoms with Crippen molar-refractivity contribution in [3.8, 4) is 18.2 Å². The number of thiophene rings is 1. The van der Waals surface area contributed by atoms with Crippen LogP contribution in [0.25, 0.3) is 0 Å². The van der Waals surface area contributed by atoms with Crippen LogP contribution >= 0.6 is 11.3 Å². The van der Waals surface area contributed by atoms with E-state index in [-0.39, 0.29) is 5.57 Å². The lowest BCUT2D eigenvalue weighted by Crippen LogP contribution is -1.91. The number of nitrogens with one attached hydrogen (secondary N) is 1. The predicted octanol–water partition coefficient (Wildman–Crippen LogP) is 2.45. The second-order valence-corrected chi connectivity index (χ2v) is 4.70. The molecular formula is C12H8N4S. The molecule has 5 heteroatoms. The van der Waals surface area contributed by atoms with Crippen molar-refractivity contribution in [2.75, 3.05) is 5.32 Å². The number of anilines is 1. The van der Waals surface area contributed by atoms with Gasteiger partial charge in [0.1, 0.15) is 28.8 Å². The van der Waals surface area contributed by atoms with Crippen molar-refractivity contribution in [3.63, 3.8) is 0 Å². The van der Waals surface area contributed by atoms with Gasteiger partial charge in [-0.3, -0.25) is 0 Å². The molecule has 0 bridgehead atoms. The Morgan fingerprint density at radius 3 is 2.65 bits per heavy atom. The third-order valence-corrected chi connectivity index (χ3v) is 3.84. The first-order valence-corrected chi connectivity index (χ1v) is 5.93. The number of hydrogen-bond donors (Lipinski definition) is 1. The molecular weight excluding hydrogens is 232 g/mol. The Bertz CT molecular complexity index is 588. The summed E-state index contributed by atoms with van der Waals surface area (Å²) < 4.78 is 0. The molecule has 0 radical (unpaired) electrons. The lowest BCUT2D eigenvalue weighted by molar-refractivity contribution is 0.913. The van der Waals surface area contributed by atoms with Crippen LogP contribution in [-0.4, -0.2) is 0 Å². The number of fused-ring (bicyclic) bond motifs is 1. The first kappa shape index (κ1) is 11.2. The van der Waals surface area contributed by atoms with Crippen LogP contribution in [0.4, 0.5) is 5.00 Å². The average molecular weight is 240 g/mol. The third-order valence-electron chi connectivity index (χ3n) is 2.62. The van der Waals surface area contributed by atoms with Gasteiger partial charge in [-0.25, -0.2) is 0 Å². The maximum atomic E-state index is 9.12. The minimum atomic E-state index is 0.00227.